The van der Waals surface area contributed by atoms with Crippen LogP contribution in [-0.4, -0.2) is 29.6 Å². The molecule has 0 aliphatic carbocycles. The molecule has 2 nitrogen and oxygen atoms in total. The molecule has 9 heavy (non-hydrogen) atoms. The van der Waals surface area contributed by atoms with Crippen molar-refractivity contribution in [2.75, 3.05) is 0 Å². The second-order valence-corrected chi connectivity index (χ2v) is 1.84. The molecule has 0 fully saturated rings. The SMILES string of the molecule is [NaH].[O-][n+]1ccccc1S. The molecule has 0 radical (unpaired) electrons. The van der Waals surface area contributed by atoms with Crippen LogP contribution in [0.25, 0.3) is 0 Å². The fourth-order valence-electron chi connectivity index (χ4n) is 0.419. The van der Waals surface area contributed by atoms with Gasteiger partial charge in [-0.1, -0.05) is 12.6 Å². The Morgan fingerprint density at radius 1 is 1.44 bits per heavy atom. The molecule has 1 aromatic heterocycles. The Morgan fingerprint density at radius 2 is 2.11 bits per heavy atom. The second kappa shape index (κ2) is 4.17. The van der Waals surface area contributed by atoms with Gasteiger partial charge in [-0.05, 0) is 6.07 Å². The average Bonchev–Trinajstić information content (AvgIpc) is 1.77. The Kier molecular flexibility index (Phi) is 4.31. The number of aromatic nitrogens is 1. The van der Waals surface area contributed by atoms with Crippen LogP contribution in [0.4, 0.5) is 0 Å². The predicted octanol–water partition coefficient (Wildman–Crippen LogP) is -0.0398. The predicted molar refractivity (Wildman–Crippen MR) is 39.8 cm³/mol. The molecular formula is C5H6NNaOS. The van der Waals surface area contributed by atoms with E-state index in [2.05, 4.69) is 12.6 Å². The first-order valence-corrected chi connectivity index (χ1v) is 2.62. The van der Waals surface area contributed by atoms with E-state index in [1.165, 1.54) is 6.20 Å². The minimum atomic E-state index is 0. The number of rotatable bonds is 0. The Morgan fingerprint density at radius 3 is 2.44 bits per heavy atom. The molecule has 1 aromatic rings. The van der Waals surface area contributed by atoms with Gasteiger partial charge in [0.1, 0.15) is 0 Å². The summed E-state index contributed by atoms with van der Waals surface area (Å²) >= 11 is 3.85. The van der Waals surface area contributed by atoms with E-state index < -0.39 is 0 Å². The van der Waals surface area contributed by atoms with Gasteiger partial charge in [-0.15, -0.1) is 0 Å². The zero-order chi connectivity index (χ0) is 5.98. The molecule has 0 aliphatic rings. The van der Waals surface area contributed by atoms with Gasteiger partial charge >= 0.3 is 29.6 Å². The summed E-state index contributed by atoms with van der Waals surface area (Å²) in [5.74, 6) is 0. The van der Waals surface area contributed by atoms with Crippen molar-refractivity contribution in [3.63, 3.8) is 0 Å². The molecule has 1 rings (SSSR count). The summed E-state index contributed by atoms with van der Waals surface area (Å²) in [7, 11) is 0. The van der Waals surface area contributed by atoms with Crippen LogP contribution in [0.15, 0.2) is 29.4 Å². The van der Waals surface area contributed by atoms with Crippen LogP contribution in [0, 0.1) is 5.21 Å². The van der Waals surface area contributed by atoms with Crippen molar-refractivity contribution in [2.24, 2.45) is 0 Å². The van der Waals surface area contributed by atoms with Gasteiger partial charge in [0.2, 0.25) is 5.03 Å². The maximum absolute atomic E-state index is 10.5. The molecule has 0 unspecified atom stereocenters. The van der Waals surface area contributed by atoms with Gasteiger partial charge in [0.05, 0.1) is 0 Å². The summed E-state index contributed by atoms with van der Waals surface area (Å²) in [5.41, 5.74) is 0. The van der Waals surface area contributed by atoms with E-state index in [1.54, 1.807) is 18.2 Å². The zero-order valence-corrected chi connectivity index (χ0v) is 5.01. The van der Waals surface area contributed by atoms with Crippen molar-refractivity contribution in [1.29, 1.82) is 0 Å². The Bertz CT molecular complexity index is 173. The Hall–Kier alpha value is 0.300. The third kappa shape index (κ3) is 2.58. The quantitative estimate of drug-likeness (QED) is 0.239. The van der Waals surface area contributed by atoms with Crippen LogP contribution in [0.5, 0.6) is 0 Å². The molecule has 0 atom stereocenters. The van der Waals surface area contributed by atoms with Crippen molar-refractivity contribution < 1.29 is 4.73 Å². The first-order chi connectivity index (χ1) is 3.80. The Labute approximate surface area is 81.2 Å². The topological polar surface area (TPSA) is 26.9 Å². The van der Waals surface area contributed by atoms with Crippen LogP contribution in [0.2, 0.25) is 0 Å². The van der Waals surface area contributed by atoms with Crippen molar-refractivity contribution in [3.05, 3.63) is 29.6 Å². The molecule has 1 heterocycles. The third-order valence-electron chi connectivity index (χ3n) is 0.804. The zero-order valence-electron chi connectivity index (χ0n) is 4.11. The molecule has 0 N–H and O–H groups in total. The van der Waals surface area contributed by atoms with Crippen molar-refractivity contribution >= 4 is 42.2 Å². The van der Waals surface area contributed by atoms with Gasteiger partial charge in [0.25, 0.3) is 0 Å². The summed E-state index contributed by atoms with van der Waals surface area (Å²) in [5, 5.41) is 10.9. The van der Waals surface area contributed by atoms with Crippen LogP contribution < -0.4 is 4.73 Å². The van der Waals surface area contributed by atoms with Crippen LogP contribution in [0.1, 0.15) is 0 Å². The van der Waals surface area contributed by atoms with Gasteiger partial charge in [0, 0.05) is 12.1 Å². The molecule has 0 spiro atoms. The van der Waals surface area contributed by atoms with Crippen molar-refractivity contribution in [2.45, 2.75) is 5.03 Å². The summed E-state index contributed by atoms with van der Waals surface area (Å²) in [6.07, 6.45) is 1.41. The maximum Gasteiger partial charge on any atom is 0.248 e. The van der Waals surface area contributed by atoms with E-state index in [-0.39, 0.29) is 29.6 Å². The fourth-order valence-corrected chi connectivity index (χ4v) is 0.572. The number of hydrogen-bond donors (Lipinski definition) is 1. The molecule has 0 aromatic carbocycles. The summed E-state index contributed by atoms with van der Waals surface area (Å²) in [4.78, 5) is 0. The Balaban J connectivity index is 0.000000640. The van der Waals surface area contributed by atoms with Crippen LogP contribution in [0.3, 0.4) is 0 Å². The first-order valence-electron chi connectivity index (χ1n) is 2.18. The van der Waals surface area contributed by atoms with E-state index in [0.717, 1.165) is 0 Å². The molecule has 4 heteroatoms. The van der Waals surface area contributed by atoms with Crippen molar-refractivity contribution in [3.8, 4) is 0 Å². The molecule has 44 valence electrons. The molecule has 0 bridgehead atoms. The van der Waals surface area contributed by atoms with Crippen LogP contribution in [-0.2, 0) is 0 Å². The molecule has 0 saturated carbocycles. The number of nitrogens with zero attached hydrogens (tertiary/aromatic N) is 1. The minimum Gasteiger partial charge on any atom is -0.618 e. The van der Waals surface area contributed by atoms with E-state index in [0.29, 0.717) is 9.76 Å². The summed E-state index contributed by atoms with van der Waals surface area (Å²) < 4.78 is 0.698. The van der Waals surface area contributed by atoms with Gasteiger partial charge in [-0.2, -0.15) is 4.73 Å². The fraction of sp³-hybridized carbons (Fsp3) is 0. The van der Waals surface area contributed by atoms with Gasteiger partial charge in [0.15, 0.2) is 6.20 Å². The first kappa shape index (κ1) is 9.30. The second-order valence-electron chi connectivity index (χ2n) is 1.38. The largest absolute Gasteiger partial charge is 0.618 e. The van der Waals surface area contributed by atoms with E-state index in [9.17, 15) is 5.21 Å². The minimum absolute atomic E-state index is 0. The smallest absolute Gasteiger partial charge is 0.248 e. The number of pyridine rings is 1. The van der Waals surface area contributed by atoms with Crippen molar-refractivity contribution in [1.82, 2.24) is 0 Å². The van der Waals surface area contributed by atoms with E-state index in [4.69, 9.17) is 0 Å². The van der Waals surface area contributed by atoms with Gasteiger partial charge in [-0.3, -0.25) is 0 Å². The van der Waals surface area contributed by atoms with Gasteiger partial charge in [-0.25, -0.2) is 0 Å². The number of hydrogen-bond acceptors (Lipinski definition) is 2. The van der Waals surface area contributed by atoms with E-state index >= 15 is 0 Å². The summed E-state index contributed by atoms with van der Waals surface area (Å²) in [6, 6.07) is 5.06. The third-order valence-corrected chi connectivity index (χ3v) is 1.15. The number of thiol groups is 1. The average molecular weight is 151 g/mol. The molecule has 0 saturated heterocycles. The molecule has 0 amide bonds. The molecule has 0 aliphatic heterocycles. The molecular weight excluding hydrogens is 145 g/mol. The summed E-state index contributed by atoms with van der Waals surface area (Å²) in [6.45, 7) is 0. The normalized spacial score (nSPS) is 8.11. The monoisotopic (exact) mass is 151 g/mol. The maximum atomic E-state index is 10.5. The van der Waals surface area contributed by atoms with Gasteiger partial charge < -0.3 is 5.21 Å². The van der Waals surface area contributed by atoms with E-state index in [1.807, 2.05) is 0 Å². The standard InChI is InChI=1S/C5H5NOS.Na.H/c7-6-4-2-1-3-5(6)8;;/h1-4,8H;;. The van der Waals surface area contributed by atoms with Crippen LogP contribution >= 0.6 is 12.6 Å².